The molecule has 1 amide bonds. The number of thioether (sulfide) groups is 1. The summed E-state index contributed by atoms with van der Waals surface area (Å²) in [7, 11) is 0. The average molecular weight is 368 g/mol. The van der Waals surface area contributed by atoms with Crippen LogP contribution in [0.1, 0.15) is 19.1 Å². The van der Waals surface area contributed by atoms with Gasteiger partial charge in [-0.3, -0.25) is 10.2 Å². The number of fused-ring (bicyclic) bond motifs is 1. The number of carbonyl (C=O) groups excluding carboxylic acids is 1. The monoisotopic (exact) mass is 368 g/mol. The van der Waals surface area contributed by atoms with Crippen LogP contribution in [0.2, 0.25) is 0 Å². The number of rotatable bonds is 3. The number of hydrogen-bond acceptors (Lipinski definition) is 5. The van der Waals surface area contributed by atoms with Gasteiger partial charge in [-0.15, -0.1) is 0 Å². The molecular weight excluding hydrogens is 355 g/mol. The van der Waals surface area contributed by atoms with Gasteiger partial charge in [-0.05, 0) is 60.7 Å². The first-order chi connectivity index (χ1) is 12.5. The molecule has 130 valence electrons. The molecule has 0 saturated heterocycles. The molecule has 0 aliphatic carbocycles. The Kier molecular flexibility index (Phi) is 4.04. The lowest BCUT2D eigenvalue weighted by molar-refractivity contribution is -0.114. The van der Waals surface area contributed by atoms with Crippen LogP contribution in [0.3, 0.4) is 0 Å². The van der Waals surface area contributed by atoms with Crippen molar-refractivity contribution in [3.8, 4) is 11.3 Å². The van der Waals surface area contributed by atoms with E-state index >= 15 is 0 Å². The SMILES string of the molecule is CCC1=NN2C(=N)/C(=C/c3ccc(-c4ccc(F)cc4)o3)C(=O)N=C2S1. The van der Waals surface area contributed by atoms with Gasteiger partial charge < -0.3 is 4.42 Å². The van der Waals surface area contributed by atoms with Gasteiger partial charge in [0, 0.05) is 5.56 Å². The zero-order valence-electron chi connectivity index (χ0n) is 13.7. The van der Waals surface area contributed by atoms with Crippen LogP contribution < -0.4 is 0 Å². The number of halogens is 1. The second kappa shape index (κ2) is 6.38. The van der Waals surface area contributed by atoms with Gasteiger partial charge in [0.1, 0.15) is 22.4 Å². The molecule has 0 spiro atoms. The van der Waals surface area contributed by atoms with Crippen LogP contribution in [0, 0.1) is 11.2 Å². The molecule has 1 aromatic carbocycles. The third-order valence-electron chi connectivity index (χ3n) is 3.84. The van der Waals surface area contributed by atoms with E-state index in [2.05, 4.69) is 10.1 Å². The largest absolute Gasteiger partial charge is 0.457 e. The average Bonchev–Trinajstić information content (AvgIpc) is 3.26. The van der Waals surface area contributed by atoms with Crippen LogP contribution >= 0.6 is 11.8 Å². The smallest absolute Gasteiger partial charge is 0.283 e. The quantitative estimate of drug-likeness (QED) is 0.827. The first-order valence-corrected chi connectivity index (χ1v) is 8.71. The van der Waals surface area contributed by atoms with Crippen LogP contribution in [0.5, 0.6) is 0 Å². The number of carbonyl (C=O) groups is 1. The summed E-state index contributed by atoms with van der Waals surface area (Å²) < 4.78 is 18.7. The number of furan rings is 1. The van der Waals surface area contributed by atoms with Crippen molar-refractivity contribution in [1.29, 1.82) is 5.41 Å². The van der Waals surface area contributed by atoms with Crippen molar-refractivity contribution in [1.82, 2.24) is 5.01 Å². The maximum atomic E-state index is 13.0. The van der Waals surface area contributed by atoms with Crippen molar-refractivity contribution in [3.05, 3.63) is 53.5 Å². The minimum atomic E-state index is -0.499. The molecule has 2 aliphatic heterocycles. The Morgan fingerprint density at radius 1 is 1.27 bits per heavy atom. The van der Waals surface area contributed by atoms with Gasteiger partial charge in [0.25, 0.3) is 5.91 Å². The Morgan fingerprint density at radius 2 is 2.04 bits per heavy atom. The van der Waals surface area contributed by atoms with Crippen LogP contribution in [0.4, 0.5) is 4.39 Å². The first-order valence-electron chi connectivity index (χ1n) is 7.90. The first kappa shape index (κ1) is 16.5. The maximum absolute atomic E-state index is 13.0. The molecule has 2 aromatic rings. The molecular formula is C18H13FN4O2S. The molecule has 0 bridgehead atoms. The Bertz CT molecular complexity index is 1000. The van der Waals surface area contributed by atoms with Crippen molar-refractivity contribution in [2.75, 3.05) is 0 Å². The third-order valence-corrected chi connectivity index (χ3v) is 4.89. The minimum absolute atomic E-state index is 0.0318. The fourth-order valence-electron chi connectivity index (χ4n) is 2.52. The standard InChI is InChI=1S/C18H13FN4O2S/c1-2-15-22-23-16(20)13(17(24)21-18(23)26-15)9-12-7-8-14(25-12)10-3-5-11(19)6-4-10/h3-9,20H,2H2,1H3/b13-9-,20-16?. The number of hydrogen-bond donors (Lipinski definition) is 1. The van der Waals surface area contributed by atoms with Crippen molar-refractivity contribution < 1.29 is 13.6 Å². The zero-order chi connectivity index (χ0) is 18.3. The predicted molar refractivity (Wildman–Crippen MR) is 99.4 cm³/mol. The van der Waals surface area contributed by atoms with Crippen molar-refractivity contribution in [3.63, 3.8) is 0 Å². The van der Waals surface area contributed by atoms with Gasteiger partial charge in [-0.1, -0.05) is 6.92 Å². The summed E-state index contributed by atoms with van der Waals surface area (Å²) >= 11 is 1.30. The molecule has 4 rings (SSSR count). The summed E-state index contributed by atoms with van der Waals surface area (Å²) in [5, 5.41) is 15.1. The minimum Gasteiger partial charge on any atom is -0.457 e. The Labute approximate surface area is 152 Å². The van der Waals surface area contributed by atoms with E-state index < -0.39 is 5.91 Å². The lowest BCUT2D eigenvalue weighted by atomic mass is 10.1. The van der Waals surface area contributed by atoms with Crippen LogP contribution in [-0.4, -0.2) is 27.0 Å². The number of nitrogens with one attached hydrogen (secondary N) is 1. The number of nitrogens with zero attached hydrogens (tertiary/aromatic N) is 3. The molecule has 3 heterocycles. The highest BCUT2D eigenvalue weighted by atomic mass is 32.2. The van der Waals surface area contributed by atoms with Crippen molar-refractivity contribution in [2.45, 2.75) is 13.3 Å². The van der Waals surface area contributed by atoms with Gasteiger partial charge >= 0.3 is 0 Å². The molecule has 1 aromatic heterocycles. The maximum Gasteiger partial charge on any atom is 0.283 e. The highest BCUT2D eigenvalue weighted by molar-refractivity contribution is 8.26. The van der Waals surface area contributed by atoms with Crippen molar-refractivity contribution >= 4 is 39.8 Å². The number of aliphatic imine (C=N–C) groups is 1. The highest BCUT2D eigenvalue weighted by Gasteiger charge is 2.35. The second-order valence-electron chi connectivity index (χ2n) is 5.58. The van der Waals surface area contributed by atoms with Gasteiger partial charge in [0.05, 0.1) is 5.57 Å². The lowest BCUT2D eigenvalue weighted by Crippen LogP contribution is -2.35. The Balaban J connectivity index is 1.65. The summed E-state index contributed by atoms with van der Waals surface area (Å²) in [6, 6.07) is 9.33. The molecule has 0 radical (unpaired) electrons. The number of benzene rings is 1. The molecule has 6 nitrogen and oxygen atoms in total. The fraction of sp³-hybridized carbons (Fsp3) is 0.111. The number of amidine groups is 2. The summed E-state index contributed by atoms with van der Waals surface area (Å²) in [4.78, 5) is 16.3. The summed E-state index contributed by atoms with van der Waals surface area (Å²) in [5.74, 6) is 0.0891. The van der Waals surface area contributed by atoms with Gasteiger partial charge in [-0.25, -0.2) is 4.39 Å². The van der Waals surface area contributed by atoms with E-state index in [1.807, 2.05) is 6.92 Å². The zero-order valence-corrected chi connectivity index (χ0v) is 14.5. The van der Waals surface area contributed by atoms with E-state index in [0.717, 1.165) is 10.6 Å². The highest BCUT2D eigenvalue weighted by Crippen LogP contribution is 2.30. The molecule has 8 heteroatoms. The molecule has 0 unspecified atom stereocenters. The van der Waals surface area contributed by atoms with E-state index in [9.17, 15) is 9.18 Å². The predicted octanol–water partition coefficient (Wildman–Crippen LogP) is 4.11. The number of hydrazone groups is 1. The van der Waals surface area contributed by atoms with E-state index in [4.69, 9.17) is 9.83 Å². The van der Waals surface area contributed by atoms with E-state index in [1.165, 1.54) is 35.0 Å². The van der Waals surface area contributed by atoms with E-state index in [1.54, 1.807) is 24.3 Å². The molecule has 26 heavy (non-hydrogen) atoms. The van der Waals surface area contributed by atoms with Crippen LogP contribution in [-0.2, 0) is 4.79 Å². The van der Waals surface area contributed by atoms with Crippen LogP contribution in [0.25, 0.3) is 17.4 Å². The topological polar surface area (TPSA) is 82.0 Å². The normalized spacial score (nSPS) is 18.2. The summed E-state index contributed by atoms with van der Waals surface area (Å²) in [5.41, 5.74) is 0.824. The number of amides is 1. The Morgan fingerprint density at radius 3 is 2.77 bits per heavy atom. The van der Waals surface area contributed by atoms with Gasteiger partial charge in [0.2, 0.25) is 5.17 Å². The molecule has 1 N–H and O–H groups in total. The van der Waals surface area contributed by atoms with Crippen LogP contribution in [0.15, 0.2) is 56.5 Å². The van der Waals surface area contributed by atoms with E-state index in [-0.39, 0.29) is 17.2 Å². The molecule has 0 atom stereocenters. The van der Waals surface area contributed by atoms with E-state index in [0.29, 0.717) is 23.1 Å². The fourth-order valence-corrected chi connectivity index (χ4v) is 3.34. The van der Waals surface area contributed by atoms with Gasteiger partial charge in [-0.2, -0.15) is 15.1 Å². The Hall–Kier alpha value is -3.00. The second-order valence-corrected chi connectivity index (χ2v) is 6.62. The third kappa shape index (κ3) is 2.88. The summed E-state index contributed by atoms with van der Waals surface area (Å²) in [6.45, 7) is 1.95. The van der Waals surface area contributed by atoms with Gasteiger partial charge in [0.15, 0.2) is 5.84 Å². The lowest BCUT2D eigenvalue weighted by Gasteiger charge is -2.19. The molecule has 0 saturated carbocycles. The molecule has 2 aliphatic rings. The van der Waals surface area contributed by atoms with Crippen molar-refractivity contribution in [2.24, 2.45) is 10.1 Å². The molecule has 0 fully saturated rings. The summed E-state index contributed by atoms with van der Waals surface area (Å²) in [6.07, 6.45) is 2.18.